The molecule has 0 aliphatic heterocycles. The summed E-state index contributed by atoms with van der Waals surface area (Å²) in [7, 11) is 0. The number of hydrogen-bond acceptors (Lipinski definition) is 3. The molecule has 0 bridgehead atoms. The summed E-state index contributed by atoms with van der Waals surface area (Å²) in [5, 5.41) is 9.89. The molecule has 5 aromatic carbocycles. The minimum Gasteiger partial charge on any atom is -0.308 e. The van der Waals surface area contributed by atoms with Crippen LogP contribution in [-0.2, 0) is 0 Å². The number of pyridine rings is 1. The van der Waals surface area contributed by atoms with Gasteiger partial charge in [0.05, 0.1) is 38.8 Å². The van der Waals surface area contributed by atoms with Crippen molar-refractivity contribution in [3.63, 3.8) is 0 Å². The number of nitrogens with zero attached hydrogens (tertiary/aromatic N) is 5. The average molecular weight is 524 g/mol. The van der Waals surface area contributed by atoms with Crippen LogP contribution in [0.3, 0.4) is 0 Å². The van der Waals surface area contributed by atoms with Crippen molar-refractivity contribution in [2.75, 3.05) is 0 Å². The van der Waals surface area contributed by atoms with Crippen LogP contribution in [0.2, 0.25) is 0 Å². The van der Waals surface area contributed by atoms with E-state index in [1.807, 2.05) is 19.1 Å². The zero-order valence-corrected chi connectivity index (χ0v) is 22.1. The van der Waals surface area contributed by atoms with Gasteiger partial charge in [0.15, 0.2) is 0 Å². The molecule has 0 amide bonds. The fourth-order valence-corrected chi connectivity index (χ4v) is 7.10. The Morgan fingerprint density at radius 1 is 0.561 bits per heavy atom. The van der Waals surface area contributed by atoms with Gasteiger partial charge in [0.2, 0.25) is 5.95 Å². The Kier molecular flexibility index (Phi) is 3.81. The first kappa shape index (κ1) is 21.3. The minimum atomic E-state index is 0.668. The highest BCUT2D eigenvalue weighted by atomic mass is 15.2. The van der Waals surface area contributed by atoms with Gasteiger partial charge >= 0.3 is 0 Å². The van der Waals surface area contributed by atoms with E-state index in [4.69, 9.17) is 9.97 Å². The molecule has 0 N–H and O–H groups in total. The molecule has 190 valence electrons. The van der Waals surface area contributed by atoms with Gasteiger partial charge in [-0.05, 0) is 60.2 Å². The lowest BCUT2D eigenvalue weighted by Gasteiger charge is -2.10. The third kappa shape index (κ3) is 2.59. The summed E-state index contributed by atoms with van der Waals surface area (Å²) >= 11 is 0. The Hall–Kier alpha value is -5.55. The van der Waals surface area contributed by atoms with Crippen LogP contribution in [0, 0.1) is 6.92 Å². The van der Waals surface area contributed by atoms with Gasteiger partial charge in [-0.3, -0.25) is 9.55 Å². The molecule has 0 saturated carbocycles. The number of aromatic nitrogens is 5. The zero-order chi connectivity index (χ0) is 26.8. The fraction of sp³-hybridized carbons (Fsp3) is 0.0278. The predicted molar refractivity (Wildman–Crippen MR) is 169 cm³/mol. The van der Waals surface area contributed by atoms with Crippen molar-refractivity contribution in [2.45, 2.75) is 6.92 Å². The summed E-state index contributed by atoms with van der Waals surface area (Å²) in [5.74, 6) is 0.668. The van der Waals surface area contributed by atoms with Crippen LogP contribution in [0.5, 0.6) is 0 Å². The molecule has 0 aliphatic carbocycles. The van der Waals surface area contributed by atoms with E-state index in [2.05, 4.69) is 105 Å². The molecule has 5 nitrogen and oxygen atoms in total. The van der Waals surface area contributed by atoms with Crippen LogP contribution in [0.1, 0.15) is 5.69 Å². The number of para-hydroxylation sites is 2. The van der Waals surface area contributed by atoms with E-state index in [1.54, 1.807) is 6.20 Å². The van der Waals surface area contributed by atoms with E-state index in [0.29, 0.717) is 5.95 Å². The molecule has 0 aliphatic rings. The molecular formula is C36H21N5. The van der Waals surface area contributed by atoms with Crippen LogP contribution in [0.4, 0.5) is 0 Å². The van der Waals surface area contributed by atoms with Crippen LogP contribution < -0.4 is 0 Å². The number of hydrogen-bond donors (Lipinski definition) is 0. The van der Waals surface area contributed by atoms with Crippen molar-refractivity contribution in [2.24, 2.45) is 0 Å². The second-order valence-electron chi connectivity index (χ2n) is 10.9. The van der Waals surface area contributed by atoms with E-state index >= 15 is 0 Å². The van der Waals surface area contributed by atoms with Gasteiger partial charge in [0.1, 0.15) is 5.52 Å². The Morgan fingerprint density at radius 3 is 2.12 bits per heavy atom. The summed E-state index contributed by atoms with van der Waals surface area (Å²) in [4.78, 5) is 14.7. The van der Waals surface area contributed by atoms with E-state index in [1.165, 1.54) is 59.6 Å². The molecule has 41 heavy (non-hydrogen) atoms. The first-order valence-corrected chi connectivity index (χ1v) is 13.9. The van der Waals surface area contributed by atoms with Gasteiger partial charge in [0, 0.05) is 38.5 Å². The molecule has 5 heterocycles. The maximum absolute atomic E-state index is 5.08. The highest BCUT2D eigenvalue weighted by molar-refractivity contribution is 6.34. The smallest absolute Gasteiger partial charge is 0.235 e. The van der Waals surface area contributed by atoms with Gasteiger partial charge in [0.25, 0.3) is 0 Å². The fourth-order valence-electron chi connectivity index (χ4n) is 7.10. The molecule has 0 radical (unpaired) electrons. The molecule has 0 unspecified atom stereocenters. The van der Waals surface area contributed by atoms with Crippen molar-refractivity contribution in [1.29, 1.82) is 0 Å². The third-order valence-corrected chi connectivity index (χ3v) is 8.78. The van der Waals surface area contributed by atoms with Gasteiger partial charge in [-0.15, -0.1) is 0 Å². The van der Waals surface area contributed by atoms with Gasteiger partial charge in [-0.1, -0.05) is 60.7 Å². The summed E-state index contributed by atoms with van der Waals surface area (Å²) in [6.45, 7) is 2.02. The maximum atomic E-state index is 5.08. The highest BCUT2D eigenvalue weighted by Crippen LogP contribution is 2.46. The first-order valence-electron chi connectivity index (χ1n) is 13.9. The van der Waals surface area contributed by atoms with Crippen LogP contribution >= 0.6 is 0 Å². The number of benzene rings is 5. The summed E-state index contributed by atoms with van der Waals surface area (Å²) in [5.41, 5.74) is 8.47. The quantitative estimate of drug-likeness (QED) is 0.216. The second kappa shape index (κ2) is 7.34. The van der Waals surface area contributed by atoms with Crippen molar-refractivity contribution < 1.29 is 0 Å². The number of rotatable bonds is 1. The van der Waals surface area contributed by atoms with Gasteiger partial charge < -0.3 is 4.40 Å². The van der Waals surface area contributed by atoms with Crippen LogP contribution in [0.25, 0.3) is 87.7 Å². The average Bonchev–Trinajstić information content (AvgIpc) is 3.64. The van der Waals surface area contributed by atoms with Crippen LogP contribution in [-0.4, -0.2) is 23.9 Å². The maximum Gasteiger partial charge on any atom is 0.235 e. The van der Waals surface area contributed by atoms with Crippen molar-refractivity contribution in [1.82, 2.24) is 23.9 Å². The normalized spacial score (nSPS) is 12.5. The standard InChI is InChI=1S/C36H21N5/c1-20-33-28(13-8-16-37-33)39-36(38-20)41-30-15-7-5-12-24(30)26-19-25-23-11-4-6-14-29(23)40-31-18-22-10-3-2-9-21(22)17-27(31)32(34(25)40)35(26)41/h2-19H,1H3. The summed E-state index contributed by atoms with van der Waals surface area (Å²) in [6.07, 6.45) is 1.80. The van der Waals surface area contributed by atoms with Gasteiger partial charge in [-0.25, -0.2) is 9.97 Å². The third-order valence-electron chi connectivity index (χ3n) is 8.78. The topological polar surface area (TPSA) is 48.0 Å². The second-order valence-corrected chi connectivity index (χ2v) is 10.9. The van der Waals surface area contributed by atoms with Gasteiger partial charge in [-0.2, -0.15) is 0 Å². The molecule has 0 saturated heterocycles. The highest BCUT2D eigenvalue weighted by Gasteiger charge is 2.25. The van der Waals surface area contributed by atoms with Crippen molar-refractivity contribution in [3.8, 4) is 5.95 Å². The zero-order valence-electron chi connectivity index (χ0n) is 22.1. The van der Waals surface area contributed by atoms with E-state index < -0.39 is 0 Å². The van der Waals surface area contributed by atoms with Crippen molar-refractivity contribution in [3.05, 3.63) is 115 Å². The largest absolute Gasteiger partial charge is 0.308 e. The number of aryl methyl sites for hydroxylation is 1. The molecular weight excluding hydrogens is 502 g/mol. The molecule has 0 spiro atoms. The molecule has 5 aromatic heterocycles. The molecule has 10 aromatic rings. The van der Waals surface area contributed by atoms with Crippen LogP contribution in [0.15, 0.2) is 109 Å². The Morgan fingerprint density at radius 2 is 1.27 bits per heavy atom. The van der Waals surface area contributed by atoms with E-state index in [0.717, 1.165) is 27.8 Å². The lowest BCUT2D eigenvalue weighted by atomic mass is 10.0. The Bertz CT molecular complexity index is 2710. The Balaban J connectivity index is 1.53. The summed E-state index contributed by atoms with van der Waals surface area (Å²) in [6, 6.07) is 37.1. The molecule has 5 heteroatoms. The molecule has 10 rings (SSSR count). The number of fused-ring (bicyclic) bond motifs is 12. The molecule has 0 fully saturated rings. The Labute approximate surface area is 233 Å². The van der Waals surface area contributed by atoms with E-state index in [9.17, 15) is 0 Å². The molecule has 0 atom stereocenters. The minimum absolute atomic E-state index is 0.668. The first-order chi connectivity index (χ1) is 20.3. The SMILES string of the molecule is Cc1nc(-n2c3ccccc3c3cc4c5ccccc5n5c6cc7ccccc7cc6c(c32)c45)nc2cccnc12. The lowest BCUT2D eigenvalue weighted by Crippen LogP contribution is -2.04. The lowest BCUT2D eigenvalue weighted by molar-refractivity contribution is 0.986. The van der Waals surface area contributed by atoms with Crippen molar-refractivity contribution >= 4 is 81.7 Å². The predicted octanol–water partition coefficient (Wildman–Crippen LogP) is 8.73. The summed E-state index contributed by atoms with van der Waals surface area (Å²) < 4.78 is 4.73. The van der Waals surface area contributed by atoms with E-state index in [-0.39, 0.29) is 0 Å². The monoisotopic (exact) mass is 523 g/mol.